The van der Waals surface area contributed by atoms with Gasteiger partial charge in [0.25, 0.3) is 5.91 Å². The number of nitrogens with one attached hydrogen (secondary N) is 1. The molecule has 0 unspecified atom stereocenters. The number of aromatic nitrogens is 1. The normalized spacial score (nSPS) is 24.0. The fourth-order valence-corrected chi connectivity index (χ4v) is 7.34. The summed E-state index contributed by atoms with van der Waals surface area (Å²) in [6.07, 6.45) is 2.99. The summed E-state index contributed by atoms with van der Waals surface area (Å²) >= 11 is 1.64. The predicted molar refractivity (Wildman–Crippen MR) is 193 cm³/mol. The average Bonchev–Trinajstić information content (AvgIpc) is 3.78. The van der Waals surface area contributed by atoms with Crippen molar-refractivity contribution in [2.75, 3.05) is 58.4 Å². The zero-order valence-corrected chi connectivity index (χ0v) is 29.9. The van der Waals surface area contributed by atoms with Gasteiger partial charge in [-0.05, 0) is 37.9 Å². The van der Waals surface area contributed by atoms with Gasteiger partial charge in [-0.25, -0.2) is 4.98 Å². The van der Waals surface area contributed by atoms with E-state index in [1.807, 2.05) is 12.1 Å². The first-order valence-corrected chi connectivity index (χ1v) is 15.1. The number of hydrogen-bond acceptors (Lipinski definition) is 9. The maximum absolute atomic E-state index is 13.9. The summed E-state index contributed by atoms with van der Waals surface area (Å²) in [5.41, 5.74) is 2.33. The Balaban J connectivity index is 0.00000169. The number of carbonyl (C=O) groups is 3. The summed E-state index contributed by atoms with van der Waals surface area (Å²) in [7, 11) is 3.71. The number of nitrogens with zero attached hydrogens (tertiary/aromatic N) is 4. The maximum atomic E-state index is 13.9. The number of ether oxygens (including phenoxy) is 2. The predicted octanol–water partition coefficient (Wildman–Crippen LogP) is 2.50. The summed E-state index contributed by atoms with van der Waals surface area (Å²) in [5.74, 6) is -0.579. The number of ketones is 1. The Hall–Kier alpha value is -1.46. The van der Waals surface area contributed by atoms with Gasteiger partial charge in [0.15, 0.2) is 10.9 Å². The first-order valence-electron chi connectivity index (χ1n) is 14.2. The van der Waals surface area contributed by atoms with Crippen LogP contribution in [0.15, 0.2) is 29.6 Å². The molecule has 0 spiro atoms. The topological polar surface area (TPSA) is 104 Å². The number of thiazole rings is 1. The van der Waals surface area contributed by atoms with Crippen molar-refractivity contribution in [2.24, 2.45) is 5.92 Å². The third-order valence-electron chi connectivity index (χ3n) is 8.86. The van der Waals surface area contributed by atoms with Gasteiger partial charge >= 0.3 is 0 Å². The van der Waals surface area contributed by atoms with E-state index in [4.69, 9.17) is 14.5 Å². The highest BCUT2D eigenvalue weighted by Crippen LogP contribution is 2.34. The van der Waals surface area contributed by atoms with Gasteiger partial charge in [-0.1, -0.05) is 25.0 Å². The molecule has 6 rings (SSSR count). The Morgan fingerprint density at radius 3 is 2.34 bits per heavy atom. The Bertz CT molecular complexity index is 1250. The number of fused-ring (bicyclic) bond motifs is 1. The van der Waals surface area contributed by atoms with E-state index in [1.165, 1.54) is 0 Å². The fourth-order valence-electron chi connectivity index (χ4n) is 6.45. The number of carbonyl (C=O) groups excluding carboxylic acids is 3. The molecule has 0 bridgehead atoms. The second-order valence-corrected chi connectivity index (χ2v) is 12.2. The molecule has 4 aliphatic rings. The number of methoxy groups -OCH3 is 1. The van der Waals surface area contributed by atoms with Crippen molar-refractivity contribution in [2.45, 2.75) is 50.0 Å². The summed E-state index contributed by atoms with van der Waals surface area (Å²) < 4.78 is 11.2. The van der Waals surface area contributed by atoms with E-state index in [9.17, 15) is 14.4 Å². The molecule has 15 heteroatoms. The number of amides is 2. The molecule has 1 N–H and O–H groups in total. The maximum Gasteiger partial charge on any atom is 0.251 e. The van der Waals surface area contributed by atoms with Crippen LogP contribution in [0, 0.1) is 5.92 Å². The highest BCUT2D eigenvalue weighted by molar-refractivity contribution is 7.59. The van der Waals surface area contributed by atoms with Crippen LogP contribution in [0.3, 0.4) is 0 Å². The zero-order valence-electron chi connectivity index (χ0n) is 25.1. The minimum Gasteiger partial charge on any atom is -0.377 e. The van der Waals surface area contributed by atoms with Crippen molar-refractivity contribution in [3.63, 3.8) is 0 Å². The summed E-state index contributed by atoms with van der Waals surface area (Å²) in [4.78, 5) is 50.9. The largest absolute Gasteiger partial charge is 0.377 e. The van der Waals surface area contributed by atoms with Gasteiger partial charge in [-0.15, -0.1) is 11.3 Å². The smallest absolute Gasteiger partial charge is 0.251 e. The minimum absolute atomic E-state index is 0. The Kier molecular flexibility index (Phi) is 14.9. The first kappa shape index (κ1) is 38.7. The molecule has 246 valence electrons. The van der Waals surface area contributed by atoms with E-state index in [2.05, 4.69) is 27.5 Å². The number of likely N-dealkylation sites (tertiary alicyclic amines) is 1. The van der Waals surface area contributed by atoms with E-state index in [1.54, 1.807) is 35.5 Å². The van der Waals surface area contributed by atoms with Crippen LogP contribution in [-0.4, -0.2) is 110 Å². The monoisotopic (exact) mass is 703 g/mol. The van der Waals surface area contributed by atoms with E-state index >= 15 is 0 Å². The van der Waals surface area contributed by atoms with Crippen LogP contribution in [0.25, 0.3) is 11.3 Å². The molecule has 44 heavy (non-hydrogen) atoms. The molecule has 2 amide bonds. The van der Waals surface area contributed by atoms with Crippen molar-refractivity contribution < 1.29 is 23.9 Å². The van der Waals surface area contributed by atoms with Crippen LogP contribution in [0.4, 0.5) is 5.13 Å². The summed E-state index contributed by atoms with van der Waals surface area (Å²) in [6.45, 7) is 4.26. The zero-order chi connectivity index (χ0) is 27.8. The number of rotatable bonds is 7. The van der Waals surface area contributed by atoms with E-state index in [-0.39, 0.29) is 96.8 Å². The van der Waals surface area contributed by atoms with E-state index in [0.29, 0.717) is 5.56 Å². The molecular weight excluding hydrogens is 659 g/mol. The number of piperazine rings is 1. The van der Waals surface area contributed by atoms with Gasteiger partial charge in [-0.3, -0.25) is 14.4 Å². The van der Waals surface area contributed by atoms with Crippen molar-refractivity contribution in [1.29, 1.82) is 0 Å². The standard InChI is InChI=1S/C29H37N5O5S.4H2S/c1-32-11-13-33(14-12-32)29-30-21(17-40-29)18-7-9-20(10-8-18)27(36)31-24(19-5-3-4-6-19)28(37)34-15-23(38-2)26-25(34)22(35)16-39-26;;;;/h7-10,17,19,23-26H,3-6,11-16H2,1-2H3,(H,31,36);4*1H2/t23-,24+,25-,26-;;;;/m1..../s1. The number of hydrogen-bond donors (Lipinski definition) is 1. The lowest BCUT2D eigenvalue weighted by Crippen LogP contribution is -2.54. The Morgan fingerprint density at radius 1 is 1.05 bits per heavy atom. The number of benzene rings is 1. The molecule has 0 radical (unpaired) electrons. The third kappa shape index (κ3) is 7.91. The van der Waals surface area contributed by atoms with Crippen molar-refractivity contribution in [3.05, 3.63) is 35.2 Å². The lowest BCUT2D eigenvalue weighted by atomic mass is 9.95. The Labute approximate surface area is 291 Å². The van der Waals surface area contributed by atoms with Gasteiger partial charge in [-0.2, -0.15) is 54.0 Å². The van der Waals surface area contributed by atoms with Gasteiger partial charge in [0, 0.05) is 49.8 Å². The molecule has 4 heterocycles. The van der Waals surface area contributed by atoms with Gasteiger partial charge in [0.2, 0.25) is 5.91 Å². The van der Waals surface area contributed by atoms with Crippen molar-refractivity contribution in [3.8, 4) is 11.3 Å². The van der Waals surface area contributed by atoms with Crippen LogP contribution < -0.4 is 10.2 Å². The number of anilines is 1. The lowest BCUT2D eigenvalue weighted by molar-refractivity contribution is -0.139. The molecule has 1 aliphatic carbocycles. The summed E-state index contributed by atoms with van der Waals surface area (Å²) in [6, 6.07) is 6.06. The average molecular weight is 704 g/mol. The molecule has 2 aromatic rings. The second-order valence-electron chi connectivity index (χ2n) is 11.3. The molecular formula is C29H45N5O5S5. The number of Topliss-reactive ketones (excluding diaryl/α,β-unsaturated/α-hetero) is 1. The molecule has 1 aromatic carbocycles. The SMILES string of the molecule is CO[C@@H]1CN(C(=O)[C@@H](NC(=O)c2ccc(-c3csc(N4CCN(C)CC4)n3)cc2)C2CCCC2)[C@@H]2C(=O)CO[C@@H]21.S.S.S.S. The van der Waals surface area contributed by atoms with Crippen LogP contribution in [0.5, 0.6) is 0 Å². The van der Waals surface area contributed by atoms with Crippen molar-refractivity contribution in [1.82, 2.24) is 20.1 Å². The highest BCUT2D eigenvalue weighted by atomic mass is 32.1. The minimum atomic E-state index is -0.691. The molecule has 3 aliphatic heterocycles. The first-order chi connectivity index (χ1) is 19.4. The van der Waals surface area contributed by atoms with Gasteiger partial charge in [0.1, 0.15) is 30.9 Å². The quantitative estimate of drug-likeness (QED) is 0.470. The van der Waals surface area contributed by atoms with Gasteiger partial charge in [0.05, 0.1) is 12.2 Å². The number of likely N-dealkylation sites (N-methyl/N-ethyl adjacent to an activating group) is 1. The molecule has 4 fully saturated rings. The summed E-state index contributed by atoms with van der Waals surface area (Å²) in [5, 5.41) is 6.12. The fraction of sp³-hybridized carbons (Fsp3) is 0.586. The van der Waals surface area contributed by atoms with Gasteiger partial charge < -0.3 is 29.5 Å². The molecule has 4 atom stereocenters. The van der Waals surface area contributed by atoms with Crippen molar-refractivity contribution >= 4 is 88.0 Å². The Morgan fingerprint density at radius 2 is 1.70 bits per heavy atom. The van der Waals surface area contributed by atoms with E-state index in [0.717, 1.165) is 68.3 Å². The second kappa shape index (κ2) is 16.9. The lowest BCUT2D eigenvalue weighted by Gasteiger charge is -2.32. The molecule has 1 aromatic heterocycles. The van der Waals surface area contributed by atoms with E-state index < -0.39 is 18.2 Å². The van der Waals surface area contributed by atoms with Crippen LogP contribution in [-0.2, 0) is 19.1 Å². The third-order valence-corrected chi connectivity index (χ3v) is 9.76. The highest BCUT2D eigenvalue weighted by Gasteiger charge is 2.54. The van der Waals surface area contributed by atoms with Crippen LogP contribution in [0.2, 0.25) is 0 Å². The van der Waals surface area contributed by atoms with Crippen LogP contribution in [0.1, 0.15) is 36.0 Å². The van der Waals surface area contributed by atoms with Crippen LogP contribution >= 0.6 is 65.3 Å². The molecule has 3 saturated heterocycles. The molecule has 10 nitrogen and oxygen atoms in total. The molecule has 1 saturated carbocycles.